The van der Waals surface area contributed by atoms with Gasteiger partial charge in [0, 0.05) is 12.1 Å². The highest BCUT2D eigenvalue weighted by molar-refractivity contribution is 7.89. The molecular weight excluding hydrogens is 284 g/mol. The Kier molecular flexibility index (Phi) is 4.33. The third-order valence-corrected chi connectivity index (χ3v) is 6.24. The lowest BCUT2D eigenvalue weighted by molar-refractivity contribution is 0.373. The summed E-state index contributed by atoms with van der Waals surface area (Å²) in [6.07, 6.45) is 7.91. The Morgan fingerprint density at radius 1 is 1.00 bits per heavy atom. The first-order chi connectivity index (χ1) is 10.0. The molecule has 0 unspecified atom stereocenters. The van der Waals surface area contributed by atoms with Crippen LogP contribution < -0.4 is 10.5 Å². The summed E-state index contributed by atoms with van der Waals surface area (Å²) in [5, 5.41) is 0. The lowest BCUT2D eigenvalue weighted by Crippen LogP contribution is -2.40. The molecule has 0 aromatic heterocycles. The fraction of sp³-hybridized carbons (Fsp3) is 0.625. The molecule has 116 valence electrons. The standard InChI is InChI=1S/C16H24N2O2S/c17-14-6-8-15(9-7-14)18-21(19,20)16-10-5-12-3-1-2-4-13(12)11-16/h5,10-11,14-15,18H,1-4,6-9,17H2. The molecule has 0 amide bonds. The monoisotopic (exact) mass is 308 g/mol. The van der Waals surface area contributed by atoms with E-state index in [1.54, 1.807) is 6.07 Å². The van der Waals surface area contributed by atoms with Crippen LogP contribution in [0.2, 0.25) is 0 Å². The van der Waals surface area contributed by atoms with E-state index in [1.165, 1.54) is 17.5 Å². The molecule has 4 nitrogen and oxygen atoms in total. The van der Waals surface area contributed by atoms with E-state index in [9.17, 15) is 8.42 Å². The predicted octanol–water partition coefficient (Wildman–Crippen LogP) is 2.11. The highest BCUT2D eigenvalue weighted by atomic mass is 32.2. The van der Waals surface area contributed by atoms with E-state index in [4.69, 9.17) is 5.73 Å². The molecule has 2 aliphatic rings. The normalized spacial score (nSPS) is 26.3. The van der Waals surface area contributed by atoms with Gasteiger partial charge in [-0.3, -0.25) is 0 Å². The van der Waals surface area contributed by atoms with E-state index in [0.29, 0.717) is 4.90 Å². The van der Waals surface area contributed by atoms with Gasteiger partial charge in [0.15, 0.2) is 0 Å². The topological polar surface area (TPSA) is 72.2 Å². The van der Waals surface area contributed by atoms with Crippen LogP contribution in [0.4, 0.5) is 0 Å². The summed E-state index contributed by atoms with van der Waals surface area (Å²) in [6.45, 7) is 0. The number of aryl methyl sites for hydroxylation is 2. The van der Waals surface area contributed by atoms with E-state index in [2.05, 4.69) is 4.72 Å². The summed E-state index contributed by atoms with van der Waals surface area (Å²) in [7, 11) is -3.40. The quantitative estimate of drug-likeness (QED) is 0.898. The molecule has 0 radical (unpaired) electrons. The second kappa shape index (κ2) is 6.07. The first kappa shape index (κ1) is 15.0. The zero-order chi connectivity index (χ0) is 14.9. The number of rotatable bonds is 3. The zero-order valence-electron chi connectivity index (χ0n) is 12.3. The minimum atomic E-state index is -3.40. The largest absolute Gasteiger partial charge is 0.328 e. The molecule has 1 aromatic rings. The average Bonchev–Trinajstić information content (AvgIpc) is 2.49. The molecule has 3 rings (SSSR count). The van der Waals surface area contributed by atoms with Gasteiger partial charge in [-0.1, -0.05) is 6.07 Å². The number of hydrogen-bond acceptors (Lipinski definition) is 3. The number of nitrogens with two attached hydrogens (primary N) is 1. The Morgan fingerprint density at radius 2 is 1.67 bits per heavy atom. The van der Waals surface area contributed by atoms with Gasteiger partial charge in [0.05, 0.1) is 4.90 Å². The Bertz CT molecular complexity index is 605. The first-order valence-corrected chi connectivity index (χ1v) is 9.42. The van der Waals surface area contributed by atoms with Crippen molar-refractivity contribution in [3.8, 4) is 0 Å². The van der Waals surface area contributed by atoms with Gasteiger partial charge in [0.1, 0.15) is 0 Å². The number of fused-ring (bicyclic) bond motifs is 1. The molecule has 0 aliphatic heterocycles. The summed E-state index contributed by atoms with van der Waals surface area (Å²) < 4.78 is 27.9. The number of sulfonamides is 1. The molecule has 0 bridgehead atoms. The van der Waals surface area contributed by atoms with Crippen molar-refractivity contribution in [2.24, 2.45) is 5.73 Å². The van der Waals surface area contributed by atoms with Gasteiger partial charge >= 0.3 is 0 Å². The lowest BCUT2D eigenvalue weighted by Gasteiger charge is -2.26. The molecular formula is C16H24N2O2S. The summed E-state index contributed by atoms with van der Waals surface area (Å²) in [5.74, 6) is 0. The van der Waals surface area contributed by atoms with Crippen molar-refractivity contribution in [1.29, 1.82) is 0 Å². The molecule has 0 atom stereocenters. The fourth-order valence-electron chi connectivity index (χ4n) is 3.40. The van der Waals surface area contributed by atoms with Crippen LogP contribution >= 0.6 is 0 Å². The summed E-state index contributed by atoms with van der Waals surface area (Å²) in [4.78, 5) is 0.415. The van der Waals surface area contributed by atoms with E-state index in [-0.39, 0.29) is 12.1 Å². The molecule has 0 spiro atoms. The van der Waals surface area contributed by atoms with E-state index in [0.717, 1.165) is 44.9 Å². The predicted molar refractivity (Wildman–Crippen MR) is 83.6 cm³/mol. The van der Waals surface area contributed by atoms with Gasteiger partial charge in [-0.25, -0.2) is 13.1 Å². The minimum Gasteiger partial charge on any atom is -0.328 e. The molecule has 2 aliphatic carbocycles. The maximum atomic E-state index is 12.5. The van der Waals surface area contributed by atoms with Gasteiger partial charge in [-0.2, -0.15) is 0 Å². The fourth-order valence-corrected chi connectivity index (χ4v) is 4.76. The summed E-state index contributed by atoms with van der Waals surface area (Å²) in [6, 6.07) is 5.87. The van der Waals surface area contributed by atoms with Crippen molar-refractivity contribution < 1.29 is 8.42 Å². The molecule has 0 saturated heterocycles. The molecule has 5 heteroatoms. The first-order valence-electron chi connectivity index (χ1n) is 7.94. The lowest BCUT2D eigenvalue weighted by atomic mass is 9.92. The van der Waals surface area contributed by atoms with Crippen molar-refractivity contribution in [1.82, 2.24) is 4.72 Å². The van der Waals surface area contributed by atoms with Gasteiger partial charge in [-0.15, -0.1) is 0 Å². The van der Waals surface area contributed by atoms with Crippen LogP contribution in [0.15, 0.2) is 23.1 Å². The van der Waals surface area contributed by atoms with Crippen LogP contribution in [-0.2, 0) is 22.9 Å². The molecule has 1 fully saturated rings. The van der Waals surface area contributed by atoms with Crippen LogP contribution in [0.3, 0.4) is 0 Å². The summed E-state index contributed by atoms with van der Waals surface area (Å²) in [5.41, 5.74) is 8.38. The maximum absolute atomic E-state index is 12.5. The second-order valence-corrected chi connectivity index (χ2v) is 8.08. The van der Waals surface area contributed by atoms with Crippen molar-refractivity contribution in [3.05, 3.63) is 29.3 Å². The van der Waals surface area contributed by atoms with Crippen LogP contribution in [0, 0.1) is 0 Å². The van der Waals surface area contributed by atoms with Crippen LogP contribution in [0.25, 0.3) is 0 Å². The zero-order valence-corrected chi connectivity index (χ0v) is 13.2. The van der Waals surface area contributed by atoms with E-state index < -0.39 is 10.0 Å². The SMILES string of the molecule is NC1CCC(NS(=O)(=O)c2ccc3c(c2)CCCC3)CC1. The Labute approximate surface area is 127 Å². The van der Waals surface area contributed by atoms with Crippen molar-refractivity contribution in [2.45, 2.75) is 68.3 Å². The van der Waals surface area contributed by atoms with Crippen LogP contribution in [-0.4, -0.2) is 20.5 Å². The van der Waals surface area contributed by atoms with Crippen LogP contribution in [0.5, 0.6) is 0 Å². The number of nitrogens with one attached hydrogen (secondary N) is 1. The third kappa shape index (κ3) is 3.47. The smallest absolute Gasteiger partial charge is 0.240 e. The number of benzene rings is 1. The number of hydrogen-bond donors (Lipinski definition) is 2. The molecule has 1 aromatic carbocycles. The van der Waals surface area contributed by atoms with Crippen molar-refractivity contribution in [3.63, 3.8) is 0 Å². The Balaban J connectivity index is 1.75. The third-order valence-electron chi connectivity index (χ3n) is 4.72. The maximum Gasteiger partial charge on any atom is 0.240 e. The molecule has 1 saturated carbocycles. The van der Waals surface area contributed by atoms with Crippen molar-refractivity contribution >= 4 is 10.0 Å². The van der Waals surface area contributed by atoms with Crippen molar-refractivity contribution in [2.75, 3.05) is 0 Å². The molecule has 0 heterocycles. The molecule has 21 heavy (non-hydrogen) atoms. The Hall–Kier alpha value is -0.910. The van der Waals surface area contributed by atoms with Gasteiger partial charge in [-0.05, 0) is 74.6 Å². The van der Waals surface area contributed by atoms with Gasteiger partial charge in [0.25, 0.3) is 0 Å². The summed E-state index contributed by atoms with van der Waals surface area (Å²) >= 11 is 0. The highest BCUT2D eigenvalue weighted by Crippen LogP contribution is 2.25. The average molecular weight is 308 g/mol. The molecule has 3 N–H and O–H groups in total. The minimum absolute atomic E-state index is 0.0332. The van der Waals surface area contributed by atoms with Gasteiger partial charge < -0.3 is 5.73 Å². The second-order valence-electron chi connectivity index (χ2n) is 6.37. The van der Waals surface area contributed by atoms with Gasteiger partial charge in [0.2, 0.25) is 10.0 Å². The highest BCUT2D eigenvalue weighted by Gasteiger charge is 2.25. The van der Waals surface area contributed by atoms with E-state index >= 15 is 0 Å². The Morgan fingerprint density at radius 3 is 2.38 bits per heavy atom. The van der Waals surface area contributed by atoms with Crippen LogP contribution in [0.1, 0.15) is 49.7 Å². The van der Waals surface area contributed by atoms with E-state index in [1.807, 2.05) is 12.1 Å².